The first-order valence-corrected chi connectivity index (χ1v) is 8.14. The van der Waals surface area contributed by atoms with Crippen LogP contribution in [0.3, 0.4) is 0 Å². The Labute approximate surface area is 156 Å². The number of nitro benzene ring substituents is 1. The lowest BCUT2D eigenvalue weighted by molar-refractivity contribution is -0.384. The number of nitro groups is 1. The first kappa shape index (κ1) is 17.2. The minimum absolute atomic E-state index is 0.0942. The number of nitrogens with zero attached hydrogens (tertiary/aromatic N) is 3. The van der Waals surface area contributed by atoms with E-state index in [2.05, 4.69) is 10.1 Å². The highest BCUT2D eigenvalue weighted by Crippen LogP contribution is 2.28. The van der Waals surface area contributed by atoms with Gasteiger partial charge in [-0.15, -0.1) is 4.68 Å². The van der Waals surface area contributed by atoms with Gasteiger partial charge in [-0.3, -0.25) is 14.9 Å². The SMILES string of the molecule is O=c1[nH]c2ccccc2c(=O)n1/N=C/c1c(O)ccc2cc([N+](=O)[O-])ccc12. The predicted octanol–water partition coefficient (Wildman–Crippen LogP) is 2.34. The number of hydrogen-bond acceptors (Lipinski definition) is 6. The van der Waals surface area contributed by atoms with Crippen molar-refractivity contribution >= 4 is 33.6 Å². The molecule has 0 aliphatic rings. The Kier molecular flexibility index (Phi) is 3.96. The second kappa shape index (κ2) is 6.47. The van der Waals surface area contributed by atoms with Crippen molar-refractivity contribution in [2.45, 2.75) is 0 Å². The maximum atomic E-state index is 12.5. The highest BCUT2D eigenvalue weighted by atomic mass is 16.6. The fourth-order valence-electron chi connectivity index (χ4n) is 2.95. The largest absolute Gasteiger partial charge is 0.507 e. The van der Waals surface area contributed by atoms with Crippen molar-refractivity contribution in [2.75, 3.05) is 0 Å². The topological polar surface area (TPSA) is 131 Å². The van der Waals surface area contributed by atoms with Crippen LogP contribution in [0, 0.1) is 10.1 Å². The number of para-hydroxylation sites is 1. The summed E-state index contributed by atoms with van der Waals surface area (Å²) in [5.74, 6) is -0.143. The number of non-ortho nitro benzene ring substituents is 1. The summed E-state index contributed by atoms with van der Waals surface area (Å²) in [6.07, 6.45) is 1.18. The zero-order valence-corrected chi connectivity index (χ0v) is 14.2. The number of phenols is 1. The highest BCUT2D eigenvalue weighted by Gasteiger charge is 2.11. The molecule has 0 aliphatic carbocycles. The van der Waals surface area contributed by atoms with Gasteiger partial charge in [0.15, 0.2) is 0 Å². The van der Waals surface area contributed by atoms with Crippen LogP contribution in [0.1, 0.15) is 5.56 Å². The van der Waals surface area contributed by atoms with E-state index in [1.165, 1.54) is 36.5 Å². The average Bonchev–Trinajstić information content (AvgIpc) is 2.68. The Hall–Kier alpha value is -4.27. The van der Waals surface area contributed by atoms with E-state index >= 15 is 0 Å². The van der Waals surface area contributed by atoms with Crippen LogP contribution in [0.25, 0.3) is 21.7 Å². The number of fused-ring (bicyclic) bond motifs is 2. The molecule has 4 aromatic rings. The number of hydrogen-bond donors (Lipinski definition) is 2. The van der Waals surface area contributed by atoms with E-state index in [-0.39, 0.29) is 22.4 Å². The fourth-order valence-corrected chi connectivity index (χ4v) is 2.95. The van der Waals surface area contributed by atoms with Gasteiger partial charge in [-0.1, -0.05) is 18.2 Å². The Morgan fingerprint density at radius 3 is 2.64 bits per heavy atom. The average molecular weight is 376 g/mol. The highest BCUT2D eigenvalue weighted by molar-refractivity contribution is 6.03. The Morgan fingerprint density at radius 1 is 1.07 bits per heavy atom. The summed E-state index contributed by atoms with van der Waals surface area (Å²) < 4.78 is 0.659. The van der Waals surface area contributed by atoms with Gasteiger partial charge < -0.3 is 10.1 Å². The second-order valence-electron chi connectivity index (χ2n) is 6.00. The Morgan fingerprint density at radius 2 is 1.86 bits per heavy atom. The van der Waals surface area contributed by atoms with Crippen LogP contribution in [0.2, 0.25) is 0 Å². The van der Waals surface area contributed by atoms with Crippen LogP contribution < -0.4 is 11.2 Å². The van der Waals surface area contributed by atoms with Crippen molar-refractivity contribution in [3.63, 3.8) is 0 Å². The molecule has 0 fully saturated rings. The molecule has 0 radical (unpaired) electrons. The second-order valence-corrected chi connectivity index (χ2v) is 6.00. The molecule has 0 atom stereocenters. The summed E-state index contributed by atoms with van der Waals surface area (Å²) in [5, 5.41) is 26.3. The van der Waals surface area contributed by atoms with E-state index in [9.17, 15) is 24.8 Å². The van der Waals surface area contributed by atoms with E-state index in [4.69, 9.17) is 0 Å². The van der Waals surface area contributed by atoms with Gasteiger partial charge >= 0.3 is 5.69 Å². The number of benzene rings is 3. The molecule has 0 aliphatic heterocycles. The molecule has 0 bridgehead atoms. The predicted molar refractivity (Wildman–Crippen MR) is 104 cm³/mol. The fraction of sp³-hybridized carbons (Fsp3) is 0. The van der Waals surface area contributed by atoms with Gasteiger partial charge in [0.05, 0.1) is 22.0 Å². The number of nitrogens with one attached hydrogen (secondary N) is 1. The molecular weight excluding hydrogens is 364 g/mol. The summed E-state index contributed by atoms with van der Waals surface area (Å²) in [4.78, 5) is 37.7. The molecule has 9 nitrogen and oxygen atoms in total. The van der Waals surface area contributed by atoms with Gasteiger partial charge in [-0.25, -0.2) is 4.79 Å². The van der Waals surface area contributed by atoms with Crippen LogP contribution in [0.5, 0.6) is 5.75 Å². The van der Waals surface area contributed by atoms with Crippen molar-refractivity contribution in [3.8, 4) is 5.75 Å². The molecule has 138 valence electrons. The first-order chi connectivity index (χ1) is 13.5. The standard InChI is InChI=1S/C19H12N4O5/c24-17-8-5-11-9-12(23(27)28)6-7-13(11)15(17)10-20-22-18(25)14-3-1-2-4-16(14)21-19(22)26/h1-10,24H,(H,21,26)/b20-10+. The lowest BCUT2D eigenvalue weighted by Crippen LogP contribution is -2.32. The van der Waals surface area contributed by atoms with Crippen molar-refractivity contribution in [1.82, 2.24) is 9.66 Å². The monoisotopic (exact) mass is 376 g/mol. The van der Waals surface area contributed by atoms with E-state index in [1.807, 2.05) is 0 Å². The number of rotatable bonds is 3. The number of phenolic OH excluding ortho intramolecular Hbond substituents is 1. The van der Waals surface area contributed by atoms with E-state index in [0.29, 0.717) is 21.0 Å². The van der Waals surface area contributed by atoms with Crippen LogP contribution in [-0.2, 0) is 0 Å². The summed E-state index contributed by atoms with van der Waals surface area (Å²) in [7, 11) is 0. The third kappa shape index (κ3) is 2.80. The van der Waals surface area contributed by atoms with Crippen molar-refractivity contribution in [1.29, 1.82) is 0 Å². The molecule has 0 saturated heterocycles. The maximum Gasteiger partial charge on any atom is 0.349 e. The maximum absolute atomic E-state index is 12.5. The molecule has 3 aromatic carbocycles. The summed E-state index contributed by atoms with van der Waals surface area (Å²) in [6.45, 7) is 0. The molecule has 0 unspecified atom stereocenters. The van der Waals surface area contributed by atoms with Gasteiger partial charge in [-0.2, -0.15) is 5.10 Å². The molecule has 1 aromatic heterocycles. The van der Waals surface area contributed by atoms with Gasteiger partial charge in [0.2, 0.25) is 0 Å². The molecule has 28 heavy (non-hydrogen) atoms. The van der Waals surface area contributed by atoms with Crippen LogP contribution in [0.4, 0.5) is 5.69 Å². The lowest BCUT2D eigenvalue weighted by Gasteiger charge is -2.05. The zero-order valence-electron chi connectivity index (χ0n) is 14.2. The van der Waals surface area contributed by atoms with Crippen molar-refractivity contribution < 1.29 is 10.0 Å². The third-order valence-corrected chi connectivity index (χ3v) is 4.32. The van der Waals surface area contributed by atoms with Crippen LogP contribution in [0.15, 0.2) is 69.3 Å². The van der Waals surface area contributed by atoms with Crippen molar-refractivity contribution in [2.24, 2.45) is 5.10 Å². The van der Waals surface area contributed by atoms with Crippen molar-refractivity contribution in [3.05, 3.63) is 91.1 Å². The molecular formula is C19H12N4O5. The first-order valence-electron chi connectivity index (χ1n) is 8.14. The molecule has 0 spiro atoms. The van der Waals surface area contributed by atoms with E-state index < -0.39 is 16.2 Å². The van der Waals surface area contributed by atoms with Gasteiger partial charge in [0.25, 0.3) is 11.2 Å². The number of aromatic amines is 1. The minimum atomic E-state index is -0.727. The molecule has 9 heteroatoms. The third-order valence-electron chi connectivity index (χ3n) is 4.32. The van der Waals surface area contributed by atoms with Gasteiger partial charge in [-0.05, 0) is 35.0 Å². The smallest absolute Gasteiger partial charge is 0.349 e. The lowest BCUT2D eigenvalue weighted by atomic mass is 10.0. The van der Waals surface area contributed by atoms with Gasteiger partial charge in [0.1, 0.15) is 5.75 Å². The van der Waals surface area contributed by atoms with Gasteiger partial charge in [0, 0.05) is 17.7 Å². The summed E-state index contributed by atoms with van der Waals surface area (Å²) in [5.41, 5.74) is -0.805. The zero-order chi connectivity index (χ0) is 19.8. The van der Waals surface area contributed by atoms with E-state index in [1.54, 1.807) is 24.3 Å². The van der Waals surface area contributed by atoms with Crippen LogP contribution >= 0.6 is 0 Å². The molecule has 0 amide bonds. The number of aromatic hydroxyl groups is 1. The molecule has 4 rings (SSSR count). The van der Waals surface area contributed by atoms with E-state index in [0.717, 1.165) is 0 Å². The number of aromatic nitrogens is 2. The molecule has 0 saturated carbocycles. The quantitative estimate of drug-likeness (QED) is 0.322. The minimum Gasteiger partial charge on any atom is -0.507 e. The number of H-pyrrole nitrogens is 1. The summed E-state index contributed by atoms with van der Waals surface area (Å²) >= 11 is 0. The Balaban J connectivity index is 1.89. The summed E-state index contributed by atoms with van der Waals surface area (Å²) in [6, 6.07) is 13.6. The normalized spacial score (nSPS) is 11.4. The molecule has 1 heterocycles. The Bertz CT molecular complexity index is 1400. The van der Waals surface area contributed by atoms with Crippen LogP contribution in [-0.4, -0.2) is 25.9 Å². The molecule has 2 N–H and O–H groups in total.